The summed E-state index contributed by atoms with van der Waals surface area (Å²) >= 11 is 3.84. The predicted molar refractivity (Wildman–Crippen MR) is 82.5 cm³/mol. The summed E-state index contributed by atoms with van der Waals surface area (Å²) in [4.78, 5) is 12.4. The van der Waals surface area contributed by atoms with Gasteiger partial charge in [-0.15, -0.1) is 0 Å². The Morgan fingerprint density at radius 1 is 1.25 bits per heavy atom. The van der Waals surface area contributed by atoms with E-state index < -0.39 is 0 Å². The van der Waals surface area contributed by atoms with Crippen molar-refractivity contribution in [3.8, 4) is 5.75 Å². The summed E-state index contributed by atoms with van der Waals surface area (Å²) in [6.45, 7) is 1.11. The van der Waals surface area contributed by atoms with Crippen LogP contribution in [-0.4, -0.2) is 19.1 Å². The topological polar surface area (TPSA) is 38.3 Å². The molecule has 0 spiro atoms. The smallest absolute Gasteiger partial charge is 0.255 e. The molecule has 20 heavy (non-hydrogen) atoms. The predicted octanol–water partition coefficient (Wildman–Crippen LogP) is 3.83. The van der Waals surface area contributed by atoms with E-state index >= 15 is 0 Å². The van der Waals surface area contributed by atoms with Gasteiger partial charge in [-0.3, -0.25) is 4.79 Å². The van der Waals surface area contributed by atoms with Crippen molar-refractivity contribution < 1.29 is 9.53 Å². The maximum Gasteiger partial charge on any atom is 0.255 e. The Labute approximate surface area is 128 Å². The van der Waals surface area contributed by atoms with Gasteiger partial charge in [0.05, 0.1) is 12.1 Å². The summed E-state index contributed by atoms with van der Waals surface area (Å²) in [5.41, 5.74) is 1.86. The quantitative estimate of drug-likeness (QED) is 0.833. The number of rotatable bonds is 2. The lowest BCUT2D eigenvalue weighted by Crippen LogP contribution is -2.24. The molecule has 1 unspecified atom stereocenters. The average molecular weight is 338 g/mol. The van der Waals surface area contributed by atoms with Crippen LogP contribution in [0.15, 0.2) is 18.2 Å². The highest BCUT2D eigenvalue weighted by Gasteiger charge is 2.25. The van der Waals surface area contributed by atoms with Crippen LogP contribution in [0.1, 0.15) is 52.9 Å². The lowest BCUT2D eigenvalue weighted by atomic mass is 9.84. The van der Waals surface area contributed by atoms with E-state index in [1.54, 1.807) is 0 Å². The molecular weight excluding hydrogens is 318 g/mol. The molecule has 2 aliphatic rings. The molecule has 1 aliphatic heterocycles. The van der Waals surface area contributed by atoms with Crippen LogP contribution in [0.4, 0.5) is 0 Å². The van der Waals surface area contributed by atoms with Crippen LogP contribution in [0.2, 0.25) is 0 Å². The molecule has 0 saturated heterocycles. The lowest BCUT2D eigenvalue weighted by Gasteiger charge is -2.27. The van der Waals surface area contributed by atoms with E-state index in [2.05, 4.69) is 27.3 Å². The Hall–Kier alpha value is -1.03. The van der Waals surface area contributed by atoms with Crippen molar-refractivity contribution in [1.29, 1.82) is 0 Å². The molecule has 0 radical (unpaired) electrons. The number of amides is 1. The minimum Gasteiger partial charge on any atom is -0.491 e. The molecule has 1 fully saturated rings. The summed E-state index contributed by atoms with van der Waals surface area (Å²) in [6.07, 6.45) is 6.55. The molecular formula is C16H20BrNO2. The highest BCUT2D eigenvalue weighted by Crippen LogP contribution is 2.41. The van der Waals surface area contributed by atoms with Gasteiger partial charge in [-0.2, -0.15) is 0 Å². The Bertz CT molecular complexity index is 497. The molecule has 1 aliphatic carbocycles. The van der Waals surface area contributed by atoms with E-state index in [4.69, 9.17) is 4.74 Å². The normalized spacial score (nSPS) is 21.4. The zero-order chi connectivity index (χ0) is 13.9. The number of carbonyl (C=O) groups is 1. The van der Waals surface area contributed by atoms with Crippen molar-refractivity contribution in [3.05, 3.63) is 29.3 Å². The first-order chi connectivity index (χ1) is 9.75. The number of hydrogen-bond donors (Lipinski definition) is 1. The molecule has 0 aromatic heterocycles. The van der Waals surface area contributed by atoms with Gasteiger partial charge in [0.25, 0.3) is 5.91 Å². The van der Waals surface area contributed by atoms with Gasteiger partial charge in [-0.25, -0.2) is 0 Å². The van der Waals surface area contributed by atoms with Crippen molar-refractivity contribution in [2.75, 3.05) is 13.2 Å². The number of halogens is 1. The van der Waals surface area contributed by atoms with Crippen LogP contribution >= 0.6 is 15.9 Å². The van der Waals surface area contributed by atoms with Crippen molar-refractivity contribution in [1.82, 2.24) is 5.32 Å². The number of fused-ring (bicyclic) bond motifs is 1. The van der Waals surface area contributed by atoms with Gasteiger partial charge in [0.15, 0.2) is 0 Å². The molecule has 1 heterocycles. The Morgan fingerprint density at radius 3 is 2.85 bits per heavy atom. The van der Waals surface area contributed by atoms with Crippen molar-refractivity contribution in [2.45, 2.75) is 36.9 Å². The van der Waals surface area contributed by atoms with Crippen LogP contribution in [0.25, 0.3) is 0 Å². The van der Waals surface area contributed by atoms with E-state index in [1.165, 1.54) is 37.7 Å². The first kappa shape index (κ1) is 13.9. The monoisotopic (exact) mass is 337 g/mol. The fourth-order valence-corrected chi connectivity index (χ4v) is 3.96. The lowest BCUT2D eigenvalue weighted by molar-refractivity contribution is 0.0957. The van der Waals surface area contributed by atoms with Gasteiger partial charge in [0.1, 0.15) is 12.4 Å². The SMILES string of the molecule is O=C1NCCOc2ccc(C(Br)C3CCCCC3)cc21. The Morgan fingerprint density at radius 2 is 2.05 bits per heavy atom. The second kappa shape index (κ2) is 6.17. The third-order valence-corrected chi connectivity index (χ3v) is 5.55. The number of alkyl halides is 1. The van der Waals surface area contributed by atoms with Gasteiger partial charge < -0.3 is 10.1 Å². The van der Waals surface area contributed by atoms with Crippen LogP contribution in [0, 0.1) is 5.92 Å². The van der Waals surface area contributed by atoms with Crippen LogP contribution < -0.4 is 10.1 Å². The number of ether oxygens (including phenoxy) is 1. The van der Waals surface area contributed by atoms with Crippen LogP contribution in [0.3, 0.4) is 0 Å². The second-order valence-corrected chi connectivity index (χ2v) is 6.65. The first-order valence-corrected chi connectivity index (χ1v) is 8.36. The largest absolute Gasteiger partial charge is 0.491 e. The van der Waals surface area contributed by atoms with E-state index in [0.29, 0.717) is 35.2 Å². The second-order valence-electron chi connectivity index (χ2n) is 5.66. The maximum atomic E-state index is 12.1. The highest BCUT2D eigenvalue weighted by molar-refractivity contribution is 9.09. The van der Waals surface area contributed by atoms with Crippen molar-refractivity contribution in [2.24, 2.45) is 5.92 Å². The number of carbonyl (C=O) groups excluding carboxylic acids is 1. The van der Waals surface area contributed by atoms with Gasteiger partial charge >= 0.3 is 0 Å². The highest BCUT2D eigenvalue weighted by atomic mass is 79.9. The van der Waals surface area contributed by atoms with Crippen molar-refractivity contribution >= 4 is 21.8 Å². The molecule has 1 aromatic rings. The van der Waals surface area contributed by atoms with Gasteiger partial charge in [-0.1, -0.05) is 41.3 Å². The van der Waals surface area contributed by atoms with Gasteiger partial charge in [0.2, 0.25) is 0 Å². The zero-order valence-electron chi connectivity index (χ0n) is 11.5. The molecule has 3 nitrogen and oxygen atoms in total. The van der Waals surface area contributed by atoms with E-state index in [0.717, 1.165) is 0 Å². The molecule has 108 valence electrons. The molecule has 1 aromatic carbocycles. The molecule has 3 rings (SSSR count). The number of benzene rings is 1. The van der Waals surface area contributed by atoms with Crippen LogP contribution in [0.5, 0.6) is 5.75 Å². The molecule has 4 heteroatoms. The summed E-state index contributed by atoms with van der Waals surface area (Å²) in [5.74, 6) is 1.35. The first-order valence-electron chi connectivity index (χ1n) is 7.45. The van der Waals surface area contributed by atoms with Crippen LogP contribution in [-0.2, 0) is 0 Å². The number of nitrogens with one attached hydrogen (secondary N) is 1. The van der Waals surface area contributed by atoms with E-state index in [9.17, 15) is 4.79 Å². The van der Waals surface area contributed by atoms with Crippen molar-refractivity contribution in [3.63, 3.8) is 0 Å². The zero-order valence-corrected chi connectivity index (χ0v) is 13.1. The van der Waals surface area contributed by atoms with Gasteiger partial charge in [-0.05, 0) is 36.5 Å². The fraction of sp³-hybridized carbons (Fsp3) is 0.562. The Balaban J connectivity index is 1.85. The fourth-order valence-electron chi connectivity index (χ4n) is 3.14. The van der Waals surface area contributed by atoms with E-state index in [1.807, 2.05) is 12.1 Å². The third kappa shape index (κ3) is 2.85. The number of hydrogen-bond acceptors (Lipinski definition) is 2. The van der Waals surface area contributed by atoms with Gasteiger partial charge in [0, 0.05) is 4.83 Å². The minimum atomic E-state index is -0.0253. The minimum absolute atomic E-state index is 0.0253. The summed E-state index contributed by atoms with van der Waals surface area (Å²) < 4.78 is 5.60. The molecule has 1 saturated carbocycles. The Kier molecular flexibility index (Phi) is 4.29. The average Bonchev–Trinajstić information content (AvgIpc) is 2.69. The third-order valence-electron chi connectivity index (χ3n) is 4.28. The summed E-state index contributed by atoms with van der Waals surface area (Å²) in [6, 6.07) is 6.02. The molecule has 1 N–H and O–H groups in total. The maximum absolute atomic E-state index is 12.1. The van der Waals surface area contributed by atoms with E-state index in [-0.39, 0.29) is 5.91 Å². The molecule has 0 bridgehead atoms. The standard InChI is InChI=1S/C16H20BrNO2/c17-15(11-4-2-1-3-5-11)12-6-7-14-13(10-12)16(19)18-8-9-20-14/h6-7,10-11,15H,1-5,8-9H2,(H,18,19). The molecule has 1 amide bonds. The summed E-state index contributed by atoms with van der Waals surface area (Å²) in [7, 11) is 0. The summed E-state index contributed by atoms with van der Waals surface area (Å²) in [5, 5.41) is 2.87. The molecule has 1 atom stereocenters.